The number of amides is 1. The minimum Gasteiger partial charge on any atom is -0.341 e. The highest BCUT2D eigenvalue weighted by Gasteiger charge is 2.18. The van der Waals surface area contributed by atoms with Crippen LogP contribution >= 0.6 is 35.0 Å². The van der Waals surface area contributed by atoms with Crippen LogP contribution in [0.4, 0.5) is 4.39 Å². The molecule has 1 heterocycles. The molecule has 0 unspecified atom stereocenters. The van der Waals surface area contributed by atoms with Gasteiger partial charge in [0.1, 0.15) is 5.82 Å². The maximum Gasteiger partial charge on any atom is 0.233 e. The normalized spacial score (nSPS) is 10.9. The molecule has 0 saturated carbocycles. The molecule has 1 amide bonds. The number of thioether (sulfide) groups is 1. The molecule has 0 aliphatic rings. The van der Waals surface area contributed by atoms with Gasteiger partial charge in [0.25, 0.3) is 0 Å². The van der Waals surface area contributed by atoms with Crippen molar-refractivity contribution >= 4 is 40.9 Å². The average molecular weight is 453 g/mol. The summed E-state index contributed by atoms with van der Waals surface area (Å²) in [7, 11) is 1.62. The quantitative estimate of drug-likeness (QED) is 0.464. The summed E-state index contributed by atoms with van der Waals surface area (Å²) in [6.07, 6.45) is 0. The molecule has 0 aliphatic carbocycles. The Bertz CT molecular complexity index is 990. The van der Waals surface area contributed by atoms with Gasteiger partial charge >= 0.3 is 0 Å². The first-order chi connectivity index (χ1) is 13.9. The van der Waals surface area contributed by atoms with E-state index < -0.39 is 5.82 Å². The van der Waals surface area contributed by atoms with Crippen molar-refractivity contribution < 1.29 is 9.18 Å². The van der Waals surface area contributed by atoms with Crippen LogP contribution in [0, 0.1) is 5.82 Å². The number of rotatable bonds is 7. The molecule has 3 rings (SSSR count). The van der Waals surface area contributed by atoms with Crippen molar-refractivity contribution in [2.24, 2.45) is 0 Å². The van der Waals surface area contributed by atoms with Gasteiger partial charge in [-0.05, 0) is 43.3 Å². The smallest absolute Gasteiger partial charge is 0.233 e. The van der Waals surface area contributed by atoms with Crippen LogP contribution in [0.5, 0.6) is 0 Å². The molecule has 0 bridgehead atoms. The standard InChI is InChI=1S/C20H19Cl2FN4OS/c1-3-27-19(13-7-9-14(21)10-8-13)24-25-20(27)29-12-18(28)26(2)11-15-16(22)5-4-6-17(15)23/h4-10H,3,11-12H2,1-2H3. The molecule has 0 saturated heterocycles. The zero-order valence-electron chi connectivity index (χ0n) is 15.9. The van der Waals surface area contributed by atoms with E-state index in [-0.39, 0.29) is 18.2 Å². The van der Waals surface area contributed by atoms with Gasteiger partial charge in [-0.1, -0.05) is 41.0 Å². The molecule has 0 spiro atoms. The van der Waals surface area contributed by atoms with Crippen molar-refractivity contribution in [3.8, 4) is 11.4 Å². The largest absolute Gasteiger partial charge is 0.341 e. The van der Waals surface area contributed by atoms with Crippen molar-refractivity contribution in [1.29, 1.82) is 0 Å². The van der Waals surface area contributed by atoms with E-state index in [2.05, 4.69) is 10.2 Å². The zero-order valence-corrected chi connectivity index (χ0v) is 18.2. The molecule has 2 aromatic carbocycles. The van der Waals surface area contributed by atoms with Crippen LogP contribution in [0.15, 0.2) is 47.6 Å². The van der Waals surface area contributed by atoms with Crippen LogP contribution < -0.4 is 0 Å². The number of hydrogen-bond donors (Lipinski definition) is 0. The second-order valence-corrected chi connectivity index (χ2v) is 8.08. The molecule has 0 radical (unpaired) electrons. The van der Waals surface area contributed by atoms with E-state index in [0.717, 1.165) is 5.56 Å². The van der Waals surface area contributed by atoms with Gasteiger partial charge in [0.05, 0.1) is 5.75 Å². The monoisotopic (exact) mass is 452 g/mol. The second-order valence-electron chi connectivity index (χ2n) is 6.30. The third-order valence-electron chi connectivity index (χ3n) is 4.34. The van der Waals surface area contributed by atoms with Crippen molar-refractivity contribution in [1.82, 2.24) is 19.7 Å². The molecular formula is C20H19Cl2FN4OS. The van der Waals surface area contributed by atoms with E-state index in [4.69, 9.17) is 23.2 Å². The number of carbonyl (C=O) groups is 1. The Labute approximate surface area is 182 Å². The van der Waals surface area contributed by atoms with Crippen LogP contribution in [0.2, 0.25) is 10.0 Å². The first-order valence-electron chi connectivity index (χ1n) is 8.89. The Balaban J connectivity index is 1.68. The van der Waals surface area contributed by atoms with Gasteiger partial charge in [-0.15, -0.1) is 10.2 Å². The number of benzene rings is 2. The van der Waals surface area contributed by atoms with Gasteiger partial charge in [0, 0.05) is 41.3 Å². The summed E-state index contributed by atoms with van der Waals surface area (Å²) < 4.78 is 15.9. The predicted molar refractivity (Wildman–Crippen MR) is 115 cm³/mol. The summed E-state index contributed by atoms with van der Waals surface area (Å²) in [5.41, 5.74) is 1.20. The van der Waals surface area contributed by atoms with Crippen molar-refractivity contribution in [2.75, 3.05) is 12.8 Å². The predicted octanol–water partition coefficient (Wildman–Crippen LogP) is 5.16. The summed E-state index contributed by atoms with van der Waals surface area (Å²) >= 11 is 13.3. The maximum atomic E-state index is 14.0. The van der Waals surface area contributed by atoms with Crippen LogP contribution in [-0.2, 0) is 17.9 Å². The molecule has 3 aromatic rings. The molecule has 0 N–H and O–H groups in total. The van der Waals surface area contributed by atoms with Gasteiger partial charge in [0.2, 0.25) is 5.91 Å². The van der Waals surface area contributed by atoms with Gasteiger partial charge in [-0.25, -0.2) is 4.39 Å². The molecule has 5 nitrogen and oxygen atoms in total. The van der Waals surface area contributed by atoms with Crippen LogP contribution in [-0.4, -0.2) is 38.4 Å². The fraction of sp³-hybridized carbons (Fsp3) is 0.250. The fourth-order valence-electron chi connectivity index (χ4n) is 2.74. The summed E-state index contributed by atoms with van der Waals surface area (Å²) in [6, 6.07) is 11.8. The zero-order chi connectivity index (χ0) is 21.0. The first-order valence-corrected chi connectivity index (χ1v) is 10.6. The van der Waals surface area contributed by atoms with Crippen LogP contribution in [0.1, 0.15) is 12.5 Å². The molecule has 9 heteroatoms. The molecule has 1 aromatic heterocycles. The highest BCUT2D eigenvalue weighted by Crippen LogP contribution is 2.26. The van der Waals surface area contributed by atoms with Crippen molar-refractivity contribution in [2.45, 2.75) is 25.2 Å². The van der Waals surface area contributed by atoms with Crippen molar-refractivity contribution in [3.63, 3.8) is 0 Å². The van der Waals surface area contributed by atoms with Crippen LogP contribution in [0.25, 0.3) is 11.4 Å². The lowest BCUT2D eigenvalue weighted by Gasteiger charge is -2.18. The molecular weight excluding hydrogens is 434 g/mol. The van der Waals surface area contributed by atoms with E-state index >= 15 is 0 Å². The summed E-state index contributed by atoms with van der Waals surface area (Å²) in [6.45, 7) is 2.74. The van der Waals surface area contributed by atoms with E-state index in [1.165, 1.54) is 28.8 Å². The van der Waals surface area contributed by atoms with Crippen molar-refractivity contribution in [3.05, 3.63) is 63.9 Å². The Morgan fingerprint density at radius 3 is 2.55 bits per heavy atom. The number of halogens is 3. The Kier molecular flexibility index (Phi) is 7.16. The van der Waals surface area contributed by atoms with Gasteiger partial charge in [0.15, 0.2) is 11.0 Å². The molecule has 0 fully saturated rings. The molecule has 29 heavy (non-hydrogen) atoms. The lowest BCUT2D eigenvalue weighted by Crippen LogP contribution is -2.28. The molecule has 152 valence electrons. The summed E-state index contributed by atoms with van der Waals surface area (Å²) in [5.74, 6) is 0.281. The van der Waals surface area contributed by atoms with Crippen LogP contribution in [0.3, 0.4) is 0 Å². The highest BCUT2D eigenvalue weighted by molar-refractivity contribution is 7.99. The number of aromatic nitrogens is 3. The summed E-state index contributed by atoms with van der Waals surface area (Å²) in [5, 5.41) is 10.1. The number of nitrogens with zero attached hydrogens (tertiary/aromatic N) is 4. The maximum absolute atomic E-state index is 14.0. The number of hydrogen-bond acceptors (Lipinski definition) is 4. The first kappa shape index (κ1) is 21.6. The SMILES string of the molecule is CCn1c(SCC(=O)N(C)Cc2c(F)cccc2Cl)nnc1-c1ccc(Cl)cc1. The average Bonchev–Trinajstić information content (AvgIpc) is 3.12. The molecule has 0 aliphatic heterocycles. The second kappa shape index (κ2) is 9.61. The Hall–Kier alpha value is -2.09. The third-order valence-corrected chi connectivity index (χ3v) is 5.90. The van der Waals surface area contributed by atoms with E-state index in [1.807, 2.05) is 23.6 Å². The van der Waals surface area contributed by atoms with E-state index in [1.54, 1.807) is 25.2 Å². The lowest BCUT2D eigenvalue weighted by atomic mass is 10.2. The minimum atomic E-state index is -0.428. The van der Waals surface area contributed by atoms with Gasteiger partial charge in [-0.3, -0.25) is 4.79 Å². The third kappa shape index (κ3) is 5.10. The van der Waals surface area contributed by atoms with Gasteiger partial charge < -0.3 is 9.47 Å². The Morgan fingerprint density at radius 2 is 1.90 bits per heavy atom. The molecule has 0 atom stereocenters. The van der Waals surface area contributed by atoms with E-state index in [0.29, 0.717) is 33.1 Å². The minimum absolute atomic E-state index is 0.0986. The number of carbonyl (C=O) groups excluding carboxylic acids is 1. The topological polar surface area (TPSA) is 51.0 Å². The Morgan fingerprint density at radius 1 is 1.17 bits per heavy atom. The van der Waals surface area contributed by atoms with E-state index in [9.17, 15) is 9.18 Å². The highest BCUT2D eigenvalue weighted by atomic mass is 35.5. The fourth-order valence-corrected chi connectivity index (χ4v) is 4.03. The summed E-state index contributed by atoms with van der Waals surface area (Å²) in [4.78, 5) is 14.0. The lowest BCUT2D eigenvalue weighted by molar-refractivity contribution is -0.127. The van der Waals surface area contributed by atoms with Gasteiger partial charge in [-0.2, -0.15) is 0 Å².